The molecule has 134 valence electrons. The van der Waals surface area contributed by atoms with Crippen molar-refractivity contribution in [1.82, 2.24) is 0 Å². The molecule has 0 aromatic heterocycles. The van der Waals surface area contributed by atoms with Crippen LogP contribution in [0.15, 0.2) is 0 Å². The molecule has 4 fully saturated rings. The van der Waals surface area contributed by atoms with Crippen LogP contribution in [0, 0.1) is 51.8 Å². The summed E-state index contributed by atoms with van der Waals surface area (Å²) in [5.41, 5.74) is 0.461. The Morgan fingerprint density at radius 2 is 1.88 bits per heavy atom. The van der Waals surface area contributed by atoms with Gasteiger partial charge in [0.2, 0.25) is 0 Å². The number of ether oxygens (including phenoxy) is 1. The van der Waals surface area contributed by atoms with E-state index in [1.165, 1.54) is 19.3 Å². The SMILES string of the molecule is COC1C[C@]2(C)[C@@H](C#N)CC[C@H]2C2CC[C@H]3C[C@H](O)CC[C@]3(C)[C@@H]12. The molecule has 0 amide bonds. The summed E-state index contributed by atoms with van der Waals surface area (Å²) in [5, 5.41) is 19.8. The number of rotatable bonds is 1. The monoisotopic (exact) mass is 331 g/mol. The van der Waals surface area contributed by atoms with Gasteiger partial charge in [-0.15, -0.1) is 0 Å². The third-order valence-corrected chi connectivity index (χ3v) is 9.00. The van der Waals surface area contributed by atoms with Gasteiger partial charge in [0, 0.05) is 7.11 Å². The van der Waals surface area contributed by atoms with E-state index >= 15 is 0 Å². The van der Waals surface area contributed by atoms with Crippen LogP contribution >= 0.6 is 0 Å². The second kappa shape index (κ2) is 5.71. The standard InChI is InChI=1S/C21H33NO2/c1-20-9-8-15(23)10-13(20)4-6-16-17-7-5-14(12-22)21(17,2)11-18(24-3)19(16)20/h13-19,23H,4-11H2,1-3H3/t13-,14+,15+,16?,17-,18?,19+,20-,21+/m0/s1. The molecular weight excluding hydrogens is 298 g/mol. The van der Waals surface area contributed by atoms with Crippen molar-refractivity contribution < 1.29 is 9.84 Å². The lowest BCUT2D eigenvalue weighted by atomic mass is 9.44. The zero-order valence-electron chi connectivity index (χ0n) is 15.5. The van der Waals surface area contributed by atoms with Gasteiger partial charge in [0.1, 0.15) is 0 Å². The van der Waals surface area contributed by atoms with E-state index in [0.29, 0.717) is 29.1 Å². The minimum absolute atomic E-state index is 0.0936. The molecule has 0 aliphatic heterocycles. The Morgan fingerprint density at radius 1 is 1.08 bits per heavy atom. The molecule has 0 aromatic carbocycles. The van der Waals surface area contributed by atoms with E-state index < -0.39 is 0 Å². The van der Waals surface area contributed by atoms with E-state index in [9.17, 15) is 10.4 Å². The summed E-state index contributed by atoms with van der Waals surface area (Å²) >= 11 is 0. The summed E-state index contributed by atoms with van der Waals surface area (Å²) < 4.78 is 6.10. The fourth-order valence-corrected chi connectivity index (χ4v) is 7.76. The third kappa shape index (κ3) is 2.15. The first-order valence-corrected chi connectivity index (χ1v) is 10.0. The van der Waals surface area contributed by atoms with Crippen molar-refractivity contribution in [2.24, 2.45) is 40.4 Å². The van der Waals surface area contributed by atoms with Gasteiger partial charge in [-0.05, 0) is 85.9 Å². The molecule has 0 radical (unpaired) electrons. The molecule has 4 aliphatic rings. The third-order valence-electron chi connectivity index (χ3n) is 9.00. The first-order chi connectivity index (χ1) is 11.4. The van der Waals surface area contributed by atoms with Gasteiger partial charge >= 0.3 is 0 Å². The van der Waals surface area contributed by atoms with Crippen molar-refractivity contribution in [2.45, 2.75) is 77.4 Å². The molecule has 0 bridgehead atoms. The highest BCUT2D eigenvalue weighted by Gasteiger charge is 2.63. The Morgan fingerprint density at radius 3 is 2.58 bits per heavy atom. The van der Waals surface area contributed by atoms with Crippen LogP contribution in [0.1, 0.15) is 65.2 Å². The van der Waals surface area contributed by atoms with Gasteiger partial charge in [0.05, 0.1) is 24.2 Å². The summed E-state index contributed by atoms with van der Waals surface area (Å²) in [6.07, 6.45) is 9.17. The molecule has 0 spiro atoms. The number of aliphatic hydroxyl groups excluding tert-OH is 1. The van der Waals surface area contributed by atoms with E-state index in [2.05, 4.69) is 19.9 Å². The number of methoxy groups -OCH3 is 1. The number of nitrogens with zero attached hydrogens (tertiary/aromatic N) is 1. The fourth-order valence-electron chi connectivity index (χ4n) is 7.76. The van der Waals surface area contributed by atoms with Crippen LogP contribution in [0.5, 0.6) is 0 Å². The molecule has 4 saturated carbocycles. The Hall–Kier alpha value is -0.590. The Balaban J connectivity index is 1.70. The first-order valence-electron chi connectivity index (χ1n) is 10.0. The maximum absolute atomic E-state index is 10.2. The Labute approximate surface area is 146 Å². The molecule has 24 heavy (non-hydrogen) atoms. The smallest absolute Gasteiger partial charge is 0.0661 e. The minimum atomic E-state index is -0.0936. The van der Waals surface area contributed by atoms with Crippen molar-refractivity contribution in [1.29, 1.82) is 5.26 Å². The molecule has 4 aliphatic carbocycles. The Kier molecular flexibility index (Phi) is 4.01. The van der Waals surface area contributed by atoms with Crippen molar-refractivity contribution in [3.8, 4) is 6.07 Å². The highest BCUT2D eigenvalue weighted by atomic mass is 16.5. The van der Waals surface area contributed by atoms with Crippen molar-refractivity contribution >= 4 is 0 Å². The minimum Gasteiger partial charge on any atom is -0.393 e. The molecular formula is C21H33NO2. The van der Waals surface area contributed by atoms with Crippen molar-refractivity contribution in [3.63, 3.8) is 0 Å². The quantitative estimate of drug-likeness (QED) is 0.785. The zero-order chi connectivity index (χ0) is 17.1. The number of fused-ring (bicyclic) bond motifs is 5. The van der Waals surface area contributed by atoms with E-state index in [-0.39, 0.29) is 23.5 Å². The average Bonchev–Trinajstić information content (AvgIpc) is 2.90. The number of hydrogen-bond donors (Lipinski definition) is 1. The average molecular weight is 332 g/mol. The van der Waals surface area contributed by atoms with Crippen LogP contribution in [-0.2, 0) is 4.74 Å². The lowest BCUT2D eigenvalue weighted by molar-refractivity contribution is -0.183. The molecule has 2 unspecified atom stereocenters. The van der Waals surface area contributed by atoms with Crippen LogP contribution in [-0.4, -0.2) is 24.4 Å². The van der Waals surface area contributed by atoms with Gasteiger partial charge < -0.3 is 9.84 Å². The Bertz CT molecular complexity index is 542. The summed E-state index contributed by atoms with van der Waals surface area (Å²) in [6.45, 7) is 4.87. The molecule has 3 nitrogen and oxygen atoms in total. The summed E-state index contributed by atoms with van der Waals surface area (Å²) in [6, 6.07) is 2.63. The largest absolute Gasteiger partial charge is 0.393 e. The van der Waals surface area contributed by atoms with E-state index in [1.807, 2.05) is 7.11 Å². The summed E-state index contributed by atoms with van der Waals surface area (Å²) in [7, 11) is 1.88. The summed E-state index contributed by atoms with van der Waals surface area (Å²) in [5.74, 6) is 2.88. The van der Waals surface area contributed by atoms with Crippen molar-refractivity contribution in [2.75, 3.05) is 7.11 Å². The maximum atomic E-state index is 10.2. The fraction of sp³-hybridized carbons (Fsp3) is 0.952. The van der Waals surface area contributed by atoms with E-state index in [4.69, 9.17) is 4.74 Å². The highest BCUT2D eigenvalue weighted by molar-refractivity contribution is 5.15. The normalized spacial score (nSPS) is 56.7. The number of aliphatic hydroxyl groups is 1. The molecule has 0 heterocycles. The number of nitriles is 1. The van der Waals surface area contributed by atoms with Gasteiger partial charge in [0.15, 0.2) is 0 Å². The van der Waals surface area contributed by atoms with Gasteiger partial charge in [-0.1, -0.05) is 13.8 Å². The molecule has 4 rings (SSSR count). The predicted molar refractivity (Wildman–Crippen MR) is 93.0 cm³/mol. The molecule has 9 atom stereocenters. The molecule has 1 N–H and O–H groups in total. The van der Waals surface area contributed by atoms with Crippen LogP contribution in [0.3, 0.4) is 0 Å². The predicted octanol–water partition coefficient (Wildman–Crippen LogP) is 4.15. The molecule has 3 heteroatoms. The van der Waals surface area contributed by atoms with Crippen LogP contribution < -0.4 is 0 Å². The summed E-state index contributed by atoms with van der Waals surface area (Å²) in [4.78, 5) is 0. The van der Waals surface area contributed by atoms with E-state index in [1.54, 1.807) is 0 Å². The zero-order valence-corrected chi connectivity index (χ0v) is 15.5. The molecule has 0 aromatic rings. The van der Waals surface area contributed by atoms with Crippen LogP contribution in [0.2, 0.25) is 0 Å². The second-order valence-electron chi connectivity index (χ2n) is 9.75. The highest BCUT2D eigenvalue weighted by Crippen LogP contribution is 2.67. The topological polar surface area (TPSA) is 53.2 Å². The van der Waals surface area contributed by atoms with Gasteiger partial charge in [-0.25, -0.2) is 0 Å². The van der Waals surface area contributed by atoms with E-state index in [0.717, 1.165) is 32.1 Å². The lowest BCUT2D eigenvalue weighted by Gasteiger charge is -2.62. The van der Waals surface area contributed by atoms with Gasteiger partial charge in [0.25, 0.3) is 0 Å². The lowest BCUT2D eigenvalue weighted by Crippen LogP contribution is -2.59. The van der Waals surface area contributed by atoms with Crippen LogP contribution in [0.25, 0.3) is 0 Å². The van der Waals surface area contributed by atoms with Crippen LogP contribution in [0.4, 0.5) is 0 Å². The van der Waals surface area contributed by atoms with Crippen molar-refractivity contribution in [3.05, 3.63) is 0 Å². The van der Waals surface area contributed by atoms with Gasteiger partial charge in [-0.2, -0.15) is 5.26 Å². The number of hydrogen-bond acceptors (Lipinski definition) is 3. The molecule has 0 saturated heterocycles. The van der Waals surface area contributed by atoms with Gasteiger partial charge in [-0.3, -0.25) is 0 Å². The maximum Gasteiger partial charge on any atom is 0.0661 e. The second-order valence-corrected chi connectivity index (χ2v) is 9.75. The first kappa shape index (κ1) is 16.9.